The lowest BCUT2D eigenvalue weighted by Crippen LogP contribution is -2.52. The van der Waals surface area contributed by atoms with Crippen LogP contribution in [0.2, 0.25) is 0 Å². The molecule has 2 saturated heterocycles. The zero-order valence-electron chi connectivity index (χ0n) is 15.6. The Labute approximate surface area is 157 Å². The van der Waals surface area contributed by atoms with E-state index in [2.05, 4.69) is 52.4 Å². The molecule has 26 heavy (non-hydrogen) atoms. The molecule has 1 N–H and O–H groups in total. The van der Waals surface area contributed by atoms with Crippen LogP contribution in [0.3, 0.4) is 0 Å². The van der Waals surface area contributed by atoms with Gasteiger partial charge in [0.25, 0.3) is 0 Å². The van der Waals surface area contributed by atoms with Crippen LogP contribution in [0.15, 0.2) is 35.3 Å². The van der Waals surface area contributed by atoms with E-state index in [0.29, 0.717) is 18.1 Å². The second kappa shape index (κ2) is 8.86. The normalized spacial score (nSPS) is 24.0. The summed E-state index contributed by atoms with van der Waals surface area (Å²) in [5.74, 6) is 1.71. The molecule has 144 valence electrons. The van der Waals surface area contributed by atoms with Crippen LogP contribution in [0.1, 0.15) is 18.9 Å². The smallest absolute Gasteiger partial charge is 0.194 e. The van der Waals surface area contributed by atoms with E-state index in [1.54, 1.807) is 0 Å². The van der Waals surface area contributed by atoms with Crippen LogP contribution in [0.4, 0.5) is 0 Å². The van der Waals surface area contributed by atoms with Crippen molar-refractivity contribution in [3.05, 3.63) is 35.9 Å². The van der Waals surface area contributed by atoms with Crippen LogP contribution in [0.5, 0.6) is 0 Å². The van der Waals surface area contributed by atoms with Crippen molar-refractivity contribution in [2.45, 2.75) is 19.9 Å². The van der Waals surface area contributed by atoms with Crippen molar-refractivity contribution >= 4 is 15.8 Å². The lowest BCUT2D eigenvalue weighted by atomic mass is 10.1. The number of benzene rings is 1. The van der Waals surface area contributed by atoms with Crippen molar-refractivity contribution in [2.24, 2.45) is 10.9 Å². The second-order valence-corrected chi connectivity index (χ2v) is 9.44. The topological polar surface area (TPSA) is 65.0 Å². The predicted octanol–water partition coefficient (Wildman–Crippen LogP) is 1.20. The van der Waals surface area contributed by atoms with E-state index in [1.165, 1.54) is 5.56 Å². The number of nitrogens with zero attached hydrogens (tertiary/aromatic N) is 3. The van der Waals surface area contributed by atoms with Gasteiger partial charge in [0.1, 0.15) is 0 Å². The first-order chi connectivity index (χ1) is 12.6. The Morgan fingerprint density at radius 2 is 1.92 bits per heavy atom. The highest BCUT2D eigenvalue weighted by molar-refractivity contribution is 7.91. The van der Waals surface area contributed by atoms with Crippen LogP contribution in [-0.4, -0.2) is 75.0 Å². The van der Waals surface area contributed by atoms with Gasteiger partial charge in [0.15, 0.2) is 15.8 Å². The fourth-order valence-corrected chi connectivity index (χ4v) is 5.47. The lowest BCUT2D eigenvalue weighted by molar-refractivity contribution is 0.172. The minimum atomic E-state index is -2.83. The molecular weight excluding hydrogens is 348 g/mol. The molecule has 1 atom stereocenters. The first kappa shape index (κ1) is 19.2. The minimum Gasteiger partial charge on any atom is -0.357 e. The number of nitrogens with one attached hydrogen (secondary N) is 1. The van der Waals surface area contributed by atoms with Gasteiger partial charge in [-0.1, -0.05) is 30.3 Å². The Morgan fingerprint density at radius 1 is 1.19 bits per heavy atom. The van der Waals surface area contributed by atoms with Gasteiger partial charge in [-0.15, -0.1) is 0 Å². The third-order valence-corrected chi connectivity index (χ3v) is 6.92. The average molecular weight is 379 g/mol. The molecule has 2 heterocycles. The fraction of sp³-hybridized carbons (Fsp3) is 0.632. The average Bonchev–Trinajstić information content (AvgIpc) is 2.99. The Kier molecular flexibility index (Phi) is 6.53. The molecule has 1 aromatic rings. The van der Waals surface area contributed by atoms with Gasteiger partial charge in [0.05, 0.1) is 11.5 Å². The van der Waals surface area contributed by atoms with E-state index in [1.807, 2.05) is 0 Å². The second-order valence-electron chi connectivity index (χ2n) is 7.21. The molecule has 0 spiro atoms. The summed E-state index contributed by atoms with van der Waals surface area (Å²) in [6.45, 7) is 8.40. The molecule has 7 heteroatoms. The van der Waals surface area contributed by atoms with Gasteiger partial charge in [-0.2, -0.15) is 0 Å². The predicted molar refractivity (Wildman–Crippen MR) is 106 cm³/mol. The van der Waals surface area contributed by atoms with E-state index < -0.39 is 9.84 Å². The highest BCUT2D eigenvalue weighted by Gasteiger charge is 2.28. The summed E-state index contributed by atoms with van der Waals surface area (Å²) in [6, 6.07) is 10.6. The number of guanidine groups is 1. The number of sulfone groups is 1. The van der Waals surface area contributed by atoms with Gasteiger partial charge in [-0.3, -0.25) is 9.89 Å². The molecule has 2 aliphatic heterocycles. The van der Waals surface area contributed by atoms with Gasteiger partial charge in [-0.25, -0.2) is 8.42 Å². The molecule has 3 rings (SSSR count). The van der Waals surface area contributed by atoms with Gasteiger partial charge in [0, 0.05) is 45.8 Å². The maximum Gasteiger partial charge on any atom is 0.194 e. The number of hydrogen-bond donors (Lipinski definition) is 1. The molecule has 2 fully saturated rings. The largest absolute Gasteiger partial charge is 0.357 e. The van der Waals surface area contributed by atoms with Crippen molar-refractivity contribution in [3.8, 4) is 0 Å². The Balaban J connectivity index is 1.52. The molecule has 0 aliphatic carbocycles. The standard InChI is InChI=1S/C19H30N4O2S/c1-2-20-19(21-14-18-8-13-26(24,25)16-18)23-11-9-22(10-12-23)15-17-6-4-3-5-7-17/h3-7,18H,2,8-16H2,1H3,(H,20,21). The van der Waals surface area contributed by atoms with Crippen LogP contribution in [0, 0.1) is 5.92 Å². The van der Waals surface area contributed by atoms with Crippen LogP contribution in [-0.2, 0) is 16.4 Å². The summed E-state index contributed by atoms with van der Waals surface area (Å²) in [6.07, 6.45) is 0.746. The van der Waals surface area contributed by atoms with Gasteiger partial charge < -0.3 is 10.2 Å². The Bertz CT molecular complexity index is 698. The van der Waals surface area contributed by atoms with Crippen molar-refractivity contribution in [3.63, 3.8) is 0 Å². The maximum atomic E-state index is 11.6. The molecule has 1 unspecified atom stereocenters. The summed E-state index contributed by atoms with van der Waals surface area (Å²) in [4.78, 5) is 9.51. The molecule has 2 aliphatic rings. The number of rotatable bonds is 5. The highest BCUT2D eigenvalue weighted by atomic mass is 32.2. The third-order valence-electron chi connectivity index (χ3n) is 5.08. The van der Waals surface area contributed by atoms with Gasteiger partial charge in [0.2, 0.25) is 0 Å². The summed E-state index contributed by atoms with van der Waals surface area (Å²) < 4.78 is 23.2. The van der Waals surface area contributed by atoms with Crippen molar-refractivity contribution < 1.29 is 8.42 Å². The van der Waals surface area contributed by atoms with Crippen molar-refractivity contribution in [1.82, 2.24) is 15.1 Å². The monoisotopic (exact) mass is 378 g/mol. The Hall–Kier alpha value is -1.60. The molecule has 0 aromatic heterocycles. The zero-order chi connectivity index (χ0) is 18.4. The molecule has 0 radical (unpaired) electrons. The van der Waals surface area contributed by atoms with Crippen LogP contribution < -0.4 is 5.32 Å². The number of hydrogen-bond acceptors (Lipinski definition) is 4. The summed E-state index contributed by atoms with van der Waals surface area (Å²) in [7, 11) is -2.83. The first-order valence-corrected chi connectivity index (χ1v) is 11.4. The van der Waals surface area contributed by atoms with Crippen LogP contribution in [0.25, 0.3) is 0 Å². The molecule has 0 amide bonds. The van der Waals surface area contributed by atoms with E-state index in [9.17, 15) is 8.42 Å². The zero-order valence-corrected chi connectivity index (χ0v) is 16.4. The van der Waals surface area contributed by atoms with Crippen LogP contribution >= 0.6 is 0 Å². The molecular formula is C19H30N4O2S. The molecule has 0 bridgehead atoms. The van der Waals surface area contributed by atoms with Crippen molar-refractivity contribution in [1.29, 1.82) is 0 Å². The number of piperazine rings is 1. The van der Waals surface area contributed by atoms with E-state index >= 15 is 0 Å². The molecule has 1 aromatic carbocycles. The number of aliphatic imine (C=N–C) groups is 1. The van der Waals surface area contributed by atoms with E-state index in [0.717, 1.165) is 51.6 Å². The third kappa shape index (κ3) is 5.45. The quantitative estimate of drug-likeness (QED) is 0.616. The van der Waals surface area contributed by atoms with Crippen molar-refractivity contribution in [2.75, 3.05) is 50.8 Å². The minimum absolute atomic E-state index is 0.174. The first-order valence-electron chi connectivity index (χ1n) is 9.55. The SMILES string of the molecule is CCNC(=NCC1CCS(=O)(=O)C1)N1CCN(Cc2ccccc2)CC1. The van der Waals surface area contributed by atoms with Gasteiger partial charge >= 0.3 is 0 Å². The molecule has 6 nitrogen and oxygen atoms in total. The maximum absolute atomic E-state index is 11.6. The Morgan fingerprint density at radius 3 is 2.54 bits per heavy atom. The summed E-state index contributed by atoms with van der Waals surface area (Å²) in [5, 5.41) is 3.37. The lowest BCUT2D eigenvalue weighted by Gasteiger charge is -2.36. The molecule has 0 saturated carbocycles. The summed E-state index contributed by atoms with van der Waals surface area (Å²) in [5.41, 5.74) is 1.35. The summed E-state index contributed by atoms with van der Waals surface area (Å²) >= 11 is 0. The fourth-order valence-electron chi connectivity index (χ4n) is 3.62. The van der Waals surface area contributed by atoms with E-state index in [4.69, 9.17) is 4.99 Å². The van der Waals surface area contributed by atoms with Gasteiger partial charge in [-0.05, 0) is 24.8 Å². The highest BCUT2D eigenvalue weighted by Crippen LogP contribution is 2.18. The van der Waals surface area contributed by atoms with E-state index in [-0.39, 0.29) is 5.92 Å².